The van der Waals surface area contributed by atoms with Crippen LogP contribution in [0.1, 0.15) is 29.8 Å². The van der Waals surface area contributed by atoms with Crippen LogP contribution in [0.15, 0.2) is 6.07 Å². The van der Waals surface area contributed by atoms with E-state index in [1.54, 1.807) is 10.7 Å². The third kappa shape index (κ3) is 4.04. The fourth-order valence-electron chi connectivity index (χ4n) is 4.06. The zero-order valence-corrected chi connectivity index (χ0v) is 17.9. The average Bonchev–Trinajstić information content (AvgIpc) is 3.03. The highest BCUT2D eigenvalue weighted by Crippen LogP contribution is 2.30. The van der Waals surface area contributed by atoms with E-state index in [0.717, 1.165) is 48.7 Å². The highest BCUT2D eigenvalue weighted by atomic mass is 16.3. The van der Waals surface area contributed by atoms with Gasteiger partial charge >= 0.3 is 0 Å². The molecule has 0 bridgehead atoms. The lowest BCUT2D eigenvalue weighted by molar-refractivity contribution is -0.132. The van der Waals surface area contributed by atoms with E-state index < -0.39 is 0 Å². The Morgan fingerprint density at radius 1 is 1.27 bits per heavy atom. The van der Waals surface area contributed by atoms with Crippen LogP contribution in [0.4, 0.5) is 17.6 Å². The van der Waals surface area contributed by atoms with Gasteiger partial charge in [0.2, 0.25) is 11.9 Å². The van der Waals surface area contributed by atoms with E-state index >= 15 is 0 Å². The maximum absolute atomic E-state index is 13.0. The van der Waals surface area contributed by atoms with Gasteiger partial charge in [-0.3, -0.25) is 4.79 Å². The summed E-state index contributed by atoms with van der Waals surface area (Å²) in [6, 6.07) is 1.76. The van der Waals surface area contributed by atoms with Crippen molar-refractivity contribution in [1.29, 1.82) is 0 Å². The van der Waals surface area contributed by atoms with Gasteiger partial charge < -0.3 is 25.5 Å². The highest BCUT2D eigenvalue weighted by Gasteiger charge is 2.29. The zero-order valence-electron chi connectivity index (χ0n) is 17.9. The number of aryl methyl sites for hydroxylation is 1. The molecule has 0 radical (unpaired) electrons. The van der Waals surface area contributed by atoms with Gasteiger partial charge in [0.1, 0.15) is 18.2 Å². The monoisotopic (exact) mass is 414 g/mol. The van der Waals surface area contributed by atoms with E-state index in [1.165, 1.54) is 0 Å². The third-order valence-corrected chi connectivity index (χ3v) is 5.76. The van der Waals surface area contributed by atoms with E-state index in [-0.39, 0.29) is 18.6 Å². The second kappa shape index (κ2) is 8.10. The summed E-state index contributed by atoms with van der Waals surface area (Å²) >= 11 is 0. The minimum atomic E-state index is -0.256. The second-order valence-electron chi connectivity index (χ2n) is 8.32. The Morgan fingerprint density at radius 2 is 2.00 bits per heavy atom. The number of aromatic nitrogens is 4. The number of aliphatic hydroxyl groups is 1. The molecule has 162 valence electrons. The molecule has 0 aromatic carbocycles. The van der Waals surface area contributed by atoms with Gasteiger partial charge in [-0.05, 0) is 19.8 Å². The normalized spacial score (nSPS) is 17.2. The molecule has 0 unspecified atom stereocenters. The fourth-order valence-corrected chi connectivity index (χ4v) is 4.06. The van der Waals surface area contributed by atoms with E-state index in [1.807, 2.05) is 30.8 Å². The number of amides is 1. The van der Waals surface area contributed by atoms with Crippen LogP contribution in [-0.4, -0.2) is 75.5 Å². The predicted molar refractivity (Wildman–Crippen MR) is 114 cm³/mol. The standard InChI is InChI=1S/C20H30N8O2/c1-13-10-17(21)28(24-13)12-18(30)27-9-6-16-15(11-27)19(23-20(22-16)25(2)3)26-7-4-14(29)5-8-26/h10,14,29H,4-9,11-12,21H2,1-3H3. The molecule has 10 heteroatoms. The van der Waals surface area contributed by atoms with Crippen molar-refractivity contribution in [2.45, 2.75) is 45.4 Å². The van der Waals surface area contributed by atoms with Crippen molar-refractivity contribution < 1.29 is 9.90 Å². The highest BCUT2D eigenvalue weighted by molar-refractivity contribution is 5.77. The van der Waals surface area contributed by atoms with Crippen molar-refractivity contribution in [1.82, 2.24) is 24.6 Å². The summed E-state index contributed by atoms with van der Waals surface area (Å²) in [5, 5.41) is 14.2. The van der Waals surface area contributed by atoms with E-state index in [4.69, 9.17) is 15.7 Å². The van der Waals surface area contributed by atoms with Crippen molar-refractivity contribution in [3.05, 3.63) is 23.0 Å². The summed E-state index contributed by atoms with van der Waals surface area (Å²) < 4.78 is 1.55. The van der Waals surface area contributed by atoms with Crippen LogP contribution in [0.5, 0.6) is 0 Å². The van der Waals surface area contributed by atoms with Crippen LogP contribution < -0.4 is 15.5 Å². The third-order valence-electron chi connectivity index (χ3n) is 5.76. The van der Waals surface area contributed by atoms with Gasteiger partial charge in [0.05, 0.1) is 24.0 Å². The lowest BCUT2D eigenvalue weighted by Crippen LogP contribution is -2.42. The lowest BCUT2D eigenvalue weighted by atomic mass is 10.0. The molecule has 4 rings (SSSR count). The number of fused-ring (bicyclic) bond motifs is 1. The first-order valence-corrected chi connectivity index (χ1v) is 10.4. The maximum atomic E-state index is 13.0. The number of piperidine rings is 1. The Balaban J connectivity index is 1.59. The largest absolute Gasteiger partial charge is 0.393 e. The summed E-state index contributed by atoms with van der Waals surface area (Å²) in [4.78, 5) is 28.5. The number of nitrogen functional groups attached to an aromatic ring is 1. The van der Waals surface area contributed by atoms with Crippen LogP contribution in [0.25, 0.3) is 0 Å². The fraction of sp³-hybridized carbons (Fsp3) is 0.600. The molecule has 3 N–H and O–H groups in total. The number of hydrogen-bond acceptors (Lipinski definition) is 8. The van der Waals surface area contributed by atoms with Crippen LogP contribution in [-0.2, 0) is 24.3 Å². The molecule has 2 aliphatic rings. The van der Waals surface area contributed by atoms with Crippen LogP contribution >= 0.6 is 0 Å². The first kappa shape index (κ1) is 20.4. The smallest absolute Gasteiger partial charge is 0.244 e. The zero-order chi connectivity index (χ0) is 21.4. The van der Waals surface area contributed by atoms with Gasteiger partial charge in [-0.25, -0.2) is 9.67 Å². The number of anilines is 3. The Kier molecular flexibility index (Phi) is 5.50. The van der Waals surface area contributed by atoms with Gasteiger partial charge in [0.15, 0.2) is 0 Å². The van der Waals surface area contributed by atoms with Gasteiger partial charge in [-0.1, -0.05) is 0 Å². The van der Waals surface area contributed by atoms with E-state index in [2.05, 4.69) is 10.00 Å². The summed E-state index contributed by atoms with van der Waals surface area (Å²) in [5.74, 6) is 2.02. The van der Waals surface area contributed by atoms with Gasteiger partial charge in [0.25, 0.3) is 0 Å². The average molecular weight is 415 g/mol. The van der Waals surface area contributed by atoms with Crippen molar-refractivity contribution in [3.8, 4) is 0 Å². The Bertz CT molecular complexity index is 933. The molecule has 2 aromatic heterocycles. The number of hydrogen-bond donors (Lipinski definition) is 2. The number of carbonyl (C=O) groups is 1. The molecule has 0 atom stereocenters. The molecule has 1 saturated heterocycles. The van der Waals surface area contributed by atoms with Gasteiger partial charge in [-0.15, -0.1) is 0 Å². The molecule has 10 nitrogen and oxygen atoms in total. The maximum Gasteiger partial charge on any atom is 0.244 e. The second-order valence-corrected chi connectivity index (χ2v) is 8.32. The van der Waals surface area contributed by atoms with Crippen molar-refractivity contribution in [2.24, 2.45) is 0 Å². The minimum absolute atomic E-state index is 0.0212. The molecule has 30 heavy (non-hydrogen) atoms. The predicted octanol–water partition coefficient (Wildman–Crippen LogP) is 0.176. The van der Waals surface area contributed by atoms with Crippen molar-refractivity contribution in [2.75, 3.05) is 49.3 Å². The van der Waals surface area contributed by atoms with E-state index in [9.17, 15) is 9.90 Å². The Hall–Kier alpha value is -2.88. The van der Waals surface area contributed by atoms with Crippen molar-refractivity contribution in [3.63, 3.8) is 0 Å². The van der Waals surface area contributed by atoms with Gasteiger partial charge in [-0.2, -0.15) is 10.1 Å². The quantitative estimate of drug-likeness (QED) is 0.728. The van der Waals surface area contributed by atoms with Crippen molar-refractivity contribution >= 4 is 23.5 Å². The molecule has 2 aromatic rings. The molecule has 1 fully saturated rings. The molecule has 1 amide bonds. The van der Waals surface area contributed by atoms with Crippen LogP contribution in [0.3, 0.4) is 0 Å². The first-order valence-electron chi connectivity index (χ1n) is 10.4. The molecule has 0 saturated carbocycles. The topological polar surface area (TPSA) is 117 Å². The summed E-state index contributed by atoms with van der Waals surface area (Å²) in [7, 11) is 3.86. The summed E-state index contributed by atoms with van der Waals surface area (Å²) in [6.07, 6.45) is 1.86. The molecule has 0 aliphatic carbocycles. The number of nitrogens with zero attached hydrogens (tertiary/aromatic N) is 7. The molecular formula is C20H30N8O2. The first-order chi connectivity index (χ1) is 14.3. The molecule has 4 heterocycles. The lowest BCUT2D eigenvalue weighted by Gasteiger charge is -2.36. The minimum Gasteiger partial charge on any atom is -0.393 e. The Labute approximate surface area is 176 Å². The summed E-state index contributed by atoms with van der Waals surface area (Å²) in [6.45, 7) is 4.54. The number of rotatable bonds is 4. The SMILES string of the molecule is Cc1cc(N)n(CC(=O)N2CCc3nc(N(C)C)nc(N4CCC(O)CC4)c3C2)n1. The van der Waals surface area contributed by atoms with Crippen LogP contribution in [0, 0.1) is 6.92 Å². The molecule has 0 spiro atoms. The van der Waals surface area contributed by atoms with E-state index in [0.29, 0.717) is 31.3 Å². The molecule has 2 aliphatic heterocycles. The summed E-state index contributed by atoms with van der Waals surface area (Å²) in [5.41, 5.74) is 8.74. The number of nitrogens with two attached hydrogens (primary N) is 1. The van der Waals surface area contributed by atoms with Gasteiger partial charge in [0, 0.05) is 51.8 Å². The number of carbonyl (C=O) groups excluding carboxylic acids is 1. The Morgan fingerprint density at radius 3 is 2.63 bits per heavy atom. The molecular weight excluding hydrogens is 384 g/mol. The number of aliphatic hydroxyl groups excluding tert-OH is 1. The van der Waals surface area contributed by atoms with Crippen LogP contribution in [0.2, 0.25) is 0 Å².